The van der Waals surface area contributed by atoms with E-state index in [9.17, 15) is 4.79 Å². The number of hydrogen-bond donors (Lipinski definition) is 0. The highest BCUT2D eigenvalue weighted by Crippen LogP contribution is 2.34. The first-order valence-electron chi connectivity index (χ1n) is 7.13. The van der Waals surface area contributed by atoms with Gasteiger partial charge in [-0.1, -0.05) is 23.2 Å². The molecule has 0 unspecified atom stereocenters. The van der Waals surface area contributed by atoms with Crippen LogP contribution in [0, 0.1) is 0 Å². The number of hydrogen-bond acceptors (Lipinski definition) is 5. The molecule has 2 rings (SSSR count). The maximum Gasteiger partial charge on any atom is 0.343 e. The predicted molar refractivity (Wildman–Crippen MR) is 87.2 cm³/mol. The topological polar surface area (TPSA) is 42.0 Å². The van der Waals surface area contributed by atoms with Crippen molar-refractivity contribution >= 4 is 29.2 Å². The lowest BCUT2D eigenvalue weighted by atomic mass is 10.2. The third-order valence-electron chi connectivity index (χ3n) is 3.70. The van der Waals surface area contributed by atoms with Crippen LogP contribution in [0.3, 0.4) is 0 Å². The minimum atomic E-state index is -0.515. The Morgan fingerprint density at radius 3 is 2.45 bits per heavy atom. The Labute approximate surface area is 140 Å². The Morgan fingerprint density at radius 1 is 1.18 bits per heavy atom. The highest BCUT2D eigenvalue weighted by molar-refractivity contribution is 6.37. The van der Waals surface area contributed by atoms with Gasteiger partial charge in [0, 0.05) is 32.7 Å². The van der Waals surface area contributed by atoms with Crippen LogP contribution in [-0.4, -0.2) is 69.3 Å². The first-order chi connectivity index (χ1) is 10.5. The molecule has 0 saturated carbocycles. The second-order valence-corrected chi connectivity index (χ2v) is 6.03. The van der Waals surface area contributed by atoms with Crippen molar-refractivity contribution in [2.75, 3.05) is 53.5 Å². The number of benzene rings is 1. The molecule has 1 aromatic carbocycles. The maximum absolute atomic E-state index is 12.2. The molecule has 1 saturated heterocycles. The zero-order chi connectivity index (χ0) is 16.1. The fraction of sp³-hybridized carbons (Fsp3) is 0.533. The molecule has 0 amide bonds. The van der Waals surface area contributed by atoms with Gasteiger partial charge in [-0.15, -0.1) is 0 Å². The van der Waals surface area contributed by atoms with Crippen LogP contribution in [0.25, 0.3) is 0 Å². The molecule has 1 aromatic rings. The summed E-state index contributed by atoms with van der Waals surface area (Å²) in [7, 11) is 3.54. The van der Waals surface area contributed by atoms with Crippen LogP contribution in [0.4, 0.5) is 0 Å². The number of halogens is 2. The Balaban J connectivity index is 1.91. The zero-order valence-corrected chi connectivity index (χ0v) is 14.3. The molecule has 0 spiro atoms. The van der Waals surface area contributed by atoms with Crippen molar-refractivity contribution < 1.29 is 14.3 Å². The van der Waals surface area contributed by atoms with Crippen LogP contribution < -0.4 is 4.74 Å². The van der Waals surface area contributed by atoms with Crippen molar-refractivity contribution in [1.29, 1.82) is 0 Å². The first kappa shape index (κ1) is 17.3. The number of ether oxygens (including phenoxy) is 2. The minimum Gasteiger partial charge on any atom is -0.494 e. The smallest absolute Gasteiger partial charge is 0.343 e. The number of esters is 1. The summed E-state index contributed by atoms with van der Waals surface area (Å²) in [5, 5.41) is 0.601. The molecule has 1 heterocycles. The molecule has 122 valence electrons. The van der Waals surface area contributed by atoms with Gasteiger partial charge in [-0.3, -0.25) is 4.90 Å². The summed E-state index contributed by atoms with van der Waals surface area (Å²) in [6, 6.07) is 3.15. The molecule has 1 fully saturated rings. The van der Waals surface area contributed by atoms with Crippen LogP contribution in [0.2, 0.25) is 10.0 Å². The summed E-state index contributed by atoms with van der Waals surface area (Å²) in [6.07, 6.45) is 0. The molecule has 1 aliphatic heterocycles. The van der Waals surface area contributed by atoms with Gasteiger partial charge in [0.15, 0.2) is 5.75 Å². The first-order valence-corrected chi connectivity index (χ1v) is 7.88. The molecule has 0 N–H and O–H groups in total. The zero-order valence-electron chi connectivity index (χ0n) is 12.8. The van der Waals surface area contributed by atoms with Crippen molar-refractivity contribution in [1.82, 2.24) is 9.80 Å². The van der Waals surface area contributed by atoms with Crippen molar-refractivity contribution in [2.24, 2.45) is 0 Å². The molecular formula is C15H20Cl2N2O3. The average molecular weight is 347 g/mol. The summed E-state index contributed by atoms with van der Waals surface area (Å²) in [4.78, 5) is 16.8. The van der Waals surface area contributed by atoms with Crippen LogP contribution in [0.1, 0.15) is 10.4 Å². The molecule has 0 aromatic heterocycles. The van der Waals surface area contributed by atoms with E-state index in [1.54, 1.807) is 12.1 Å². The lowest BCUT2D eigenvalue weighted by Crippen LogP contribution is -2.45. The number of carbonyl (C=O) groups is 1. The quantitative estimate of drug-likeness (QED) is 0.766. The van der Waals surface area contributed by atoms with E-state index in [-0.39, 0.29) is 16.3 Å². The Kier molecular flexibility index (Phi) is 6.32. The summed E-state index contributed by atoms with van der Waals surface area (Å²) in [5.74, 6) is -0.266. The van der Waals surface area contributed by atoms with E-state index in [2.05, 4.69) is 16.8 Å². The van der Waals surface area contributed by atoms with Crippen LogP contribution in [-0.2, 0) is 4.74 Å². The number of nitrogens with zero attached hydrogens (tertiary/aromatic N) is 2. The lowest BCUT2D eigenvalue weighted by Gasteiger charge is -2.32. The predicted octanol–water partition coefficient (Wildman–Crippen LogP) is 2.41. The summed E-state index contributed by atoms with van der Waals surface area (Å²) >= 11 is 12.1. The summed E-state index contributed by atoms with van der Waals surface area (Å²) < 4.78 is 10.5. The van der Waals surface area contributed by atoms with Crippen LogP contribution >= 0.6 is 23.2 Å². The van der Waals surface area contributed by atoms with Gasteiger partial charge in [0.2, 0.25) is 0 Å². The highest BCUT2D eigenvalue weighted by atomic mass is 35.5. The van der Waals surface area contributed by atoms with Gasteiger partial charge in [-0.25, -0.2) is 4.79 Å². The summed E-state index contributed by atoms with van der Waals surface area (Å²) in [5.41, 5.74) is 0.176. The maximum atomic E-state index is 12.2. The summed E-state index contributed by atoms with van der Waals surface area (Å²) in [6.45, 7) is 5.04. The minimum absolute atomic E-state index is 0.176. The van der Waals surface area contributed by atoms with E-state index < -0.39 is 5.97 Å². The van der Waals surface area contributed by atoms with Gasteiger partial charge in [0.05, 0.1) is 17.2 Å². The number of likely N-dealkylation sites (N-methyl/N-ethyl adjacent to an activating group) is 1. The Bertz CT molecular complexity index is 532. The van der Waals surface area contributed by atoms with Gasteiger partial charge in [-0.05, 0) is 19.2 Å². The molecule has 0 aliphatic carbocycles. The number of methoxy groups -OCH3 is 1. The van der Waals surface area contributed by atoms with Crippen molar-refractivity contribution in [3.63, 3.8) is 0 Å². The van der Waals surface area contributed by atoms with Gasteiger partial charge in [0.25, 0.3) is 0 Å². The lowest BCUT2D eigenvalue weighted by molar-refractivity contribution is 0.0429. The second kappa shape index (κ2) is 8.02. The van der Waals surface area contributed by atoms with Gasteiger partial charge < -0.3 is 14.4 Å². The molecule has 7 heteroatoms. The molecule has 0 radical (unpaired) electrons. The Morgan fingerprint density at radius 2 is 1.82 bits per heavy atom. The van der Waals surface area contributed by atoms with Gasteiger partial charge >= 0.3 is 5.97 Å². The van der Waals surface area contributed by atoms with Crippen molar-refractivity contribution in [3.05, 3.63) is 27.7 Å². The van der Waals surface area contributed by atoms with Gasteiger partial charge in [0.1, 0.15) is 12.2 Å². The van der Waals surface area contributed by atoms with E-state index in [0.29, 0.717) is 18.2 Å². The average Bonchev–Trinajstić information content (AvgIpc) is 2.51. The van der Waals surface area contributed by atoms with E-state index in [1.807, 2.05) is 0 Å². The number of rotatable bonds is 5. The van der Waals surface area contributed by atoms with Gasteiger partial charge in [-0.2, -0.15) is 0 Å². The molecule has 22 heavy (non-hydrogen) atoms. The molecule has 1 aliphatic rings. The molecule has 0 atom stereocenters. The number of carbonyl (C=O) groups excluding carboxylic acids is 1. The Hall–Kier alpha value is -1.01. The normalized spacial score (nSPS) is 16.5. The van der Waals surface area contributed by atoms with Crippen molar-refractivity contribution in [3.8, 4) is 5.75 Å². The van der Waals surface area contributed by atoms with E-state index in [1.165, 1.54) is 7.11 Å². The third kappa shape index (κ3) is 4.26. The molecule has 5 nitrogen and oxygen atoms in total. The van der Waals surface area contributed by atoms with Crippen LogP contribution in [0.5, 0.6) is 5.75 Å². The second-order valence-electron chi connectivity index (χ2n) is 5.22. The third-order valence-corrected chi connectivity index (χ3v) is 4.32. The van der Waals surface area contributed by atoms with Crippen LogP contribution in [0.15, 0.2) is 12.1 Å². The fourth-order valence-electron chi connectivity index (χ4n) is 2.33. The van der Waals surface area contributed by atoms with E-state index in [0.717, 1.165) is 26.2 Å². The molecule has 0 bridgehead atoms. The molecular weight excluding hydrogens is 327 g/mol. The van der Waals surface area contributed by atoms with Crippen molar-refractivity contribution in [2.45, 2.75) is 0 Å². The largest absolute Gasteiger partial charge is 0.494 e. The van der Waals surface area contributed by atoms with E-state index >= 15 is 0 Å². The number of piperazine rings is 1. The monoisotopic (exact) mass is 346 g/mol. The highest BCUT2D eigenvalue weighted by Gasteiger charge is 2.21. The van der Waals surface area contributed by atoms with E-state index in [4.69, 9.17) is 32.7 Å². The fourth-order valence-corrected chi connectivity index (χ4v) is 2.79. The standard InChI is InChI=1S/C15H20Cl2N2O3/c1-18-5-7-19(8-6-18)9-10-22-15(20)13-11(16)3-4-12(17)14(13)21-2/h3-4H,5-10H2,1-2H3. The SMILES string of the molecule is COc1c(Cl)ccc(Cl)c1C(=O)OCCN1CCN(C)CC1.